The summed E-state index contributed by atoms with van der Waals surface area (Å²) in [6.07, 6.45) is 7.16. The largest absolute Gasteiger partial charge is 0.469 e. The molecule has 0 aromatic carbocycles. The van der Waals surface area contributed by atoms with Crippen molar-refractivity contribution < 1.29 is 14.3 Å². The first kappa shape index (κ1) is 15.2. The summed E-state index contributed by atoms with van der Waals surface area (Å²) in [5.74, 6) is 0.419. The van der Waals surface area contributed by atoms with E-state index in [9.17, 15) is 9.90 Å². The van der Waals surface area contributed by atoms with E-state index in [4.69, 9.17) is 4.42 Å². The molecule has 1 atom stereocenters. The summed E-state index contributed by atoms with van der Waals surface area (Å²) in [4.78, 5) is 16.6. The number of nitrogens with zero attached hydrogens (tertiary/aromatic N) is 3. The Labute approximate surface area is 133 Å². The third-order valence-corrected chi connectivity index (χ3v) is 3.61. The van der Waals surface area contributed by atoms with Gasteiger partial charge in [0, 0.05) is 37.9 Å². The predicted molar refractivity (Wildman–Crippen MR) is 83.0 cm³/mol. The minimum Gasteiger partial charge on any atom is -0.469 e. The highest BCUT2D eigenvalue weighted by molar-refractivity contribution is 5.99. The van der Waals surface area contributed by atoms with Crippen LogP contribution in [-0.2, 0) is 6.42 Å². The van der Waals surface area contributed by atoms with Crippen molar-refractivity contribution in [3.63, 3.8) is 0 Å². The van der Waals surface area contributed by atoms with Gasteiger partial charge in [0.05, 0.1) is 12.5 Å². The molecule has 0 aliphatic heterocycles. The molecule has 0 unspecified atom stereocenters. The van der Waals surface area contributed by atoms with Crippen molar-refractivity contribution in [1.29, 1.82) is 0 Å². The number of aromatic nitrogens is 3. The van der Waals surface area contributed by atoms with Crippen LogP contribution in [0.25, 0.3) is 5.65 Å². The average molecular weight is 314 g/mol. The van der Waals surface area contributed by atoms with E-state index in [0.717, 1.165) is 11.3 Å². The third kappa shape index (κ3) is 3.40. The summed E-state index contributed by atoms with van der Waals surface area (Å²) in [5.41, 5.74) is 1.89. The van der Waals surface area contributed by atoms with Crippen LogP contribution in [0, 0.1) is 12.8 Å². The first-order chi connectivity index (χ1) is 11.2. The van der Waals surface area contributed by atoms with Crippen molar-refractivity contribution >= 4 is 11.6 Å². The van der Waals surface area contributed by atoms with Gasteiger partial charge in [0.1, 0.15) is 11.3 Å². The van der Waals surface area contributed by atoms with Crippen LogP contribution >= 0.6 is 0 Å². The van der Waals surface area contributed by atoms with Gasteiger partial charge in [0.15, 0.2) is 5.65 Å². The lowest BCUT2D eigenvalue weighted by atomic mass is 10.1. The van der Waals surface area contributed by atoms with Crippen LogP contribution in [0.2, 0.25) is 0 Å². The van der Waals surface area contributed by atoms with E-state index >= 15 is 0 Å². The molecule has 3 heterocycles. The molecular weight excluding hydrogens is 296 g/mol. The quantitative estimate of drug-likeness (QED) is 0.713. The number of furan rings is 1. The zero-order chi connectivity index (χ0) is 16.2. The number of carbonyl (C=O) groups is 1. The fraction of sp³-hybridized carbons (Fsp3) is 0.312. The van der Waals surface area contributed by atoms with Crippen LogP contribution in [0.4, 0.5) is 0 Å². The maximum absolute atomic E-state index is 12.3. The second kappa shape index (κ2) is 6.62. The van der Waals surface area contributed by atoms with Crippen molar-refractivity contribution in [3.8, 4) is 0 Å². The minimum absolute atomic E-state index is 0.0345. The molecule has 3 rings (SSSR count). The molecule has 0 bridgehead atoms. The molecule has 3 aromatic rings. The van der Waals surface area contributed by atoms with Gasteiger partial charge >= 0.3 is 0 Å². The van der Waals surface area contributed by atoms with Gasteiger partial charge in [-0.15, -0.1) is 0 Å². The minimum atomic E-state index is -0.255. The van der Waals surface area contributed by atoms with Crippen molar-refractivity contribution in [2.45, 2.75) is 13.3 Å². The third-order valence-electron chi connectivity index (χ3n) is 3.61. The Morgan fingerprint density at radius 3 is 3.09 bits per heavy atom. The molecule has 0 saturated heterocycles. The Morgan fingerprint density at radius 2 is 2.35 bits per heavy atom. The van der Waals surface area contributed by atoms with Crippen LogP contribution in [0.15, 0.2) is 41.4 Å². The zero-order valence-electron chi connectivity index (χ0n) is 12.8. The van der Waals surface area contributed by atoms with Gasteiger partial charge in [-0.3, -0.25) is 4.79 Å². The van der Waals surface area contributed by atoms with Crippen molar-refractivity contribution in [2.75, 3.05) is 13.2 Å². The monoisotopic (exact) mass is 314 g/mol. The van der Waals surface area contributed by atoms with E-state index in [2.05, 4.69) is 15.4 Å². The van der Waals surface area contributed by atoms with E-state index in [1.807, 2.05) is 19.2 Å². The van der Waals surface area contributed by atoms with Gasteiger partial charge in [-0.2, -0.15) is 5.10 Å². The van der Waals surface area contributed by atoms with Crippen LogP contribution in [0.3, 0.4) is 0 Å². The van der Waals surface area contributed by atoms with E-state index in [0.29, 0.717) is 24.2 Å². The molecule has 0 spiro atoms. The van der Waals surface area contributed by atoms with Crippen LogP contribution < -0.4 is 5.32 Å². The molecule has 23 heavy (non-hydrogen) atoms. The fourth-order valence-electron chi connectivity index (χ4n) is 2.38. The number of rotatable bonds is 6. The number of aryl methyl sites for hydroxylation is 1. The zero-order valence-corrected chi connectivity index (χ0v) is 12.8. The molecule has 0 aliphatic rings. The van der Waals surface area contributed by atoms with E-state index < -0.39 is 0 Å². The Kier molecular flexibility index (Phi) is 4.38. The molecule has 0 fully saturated rings. The van der Waals surface area contributed by atoms with E-state index in [-0.39, 0.29) is 18.4 Å². The first-order valence-electron chi connectivity index (χ1n) is 7.39. The smallest absolute Gasteiger partial charge is 0.256 e. The van der Waals surface area contributed by atoms with Crippen molar-refractivity contribution in [2.24, 2.45) is 5.92 Å². The lowest BCUT2D eigenvalue weighted by Crippen LogP contribution is -2.31. The fourth-order valence-corrected chi connectivity index (χ4v) is 2.38. The Hall–Kier alpha value is -2.67. The van der Waals surface area contributed by atoms with Gasteiger partial charge in [0.25, 0.3) is 5.91 Å². The normalized spacial score (nSPS) is 12.4. The summed E-state index contributed by atoms with van der Waals surface area (Å²) >= 11 is 0. The number of amides is 1. The van der Waals surface area contributed by atoms with Crippen LogP contribution in [0.1, 0.15) is 21.7 Å². The van der Waals surface area contributed by atoms with Gasteiger partial charge in [-0.05, 0) is 24.6 Å². The molecule has 0 saturated carbocycles. The lowest BCUT2D eigenvalue weighted by Gasteiger charge is -2.13. The molecule has 7 nitrogen and oxygen atoms in total. The number of aliphatic hydroxyl groups excluding tert-OH is 1. The highest BCUT2D eigenvalue weighted by Crippen LogP contribution is 2.11. The van der Waals surface area contributed by atoms with Crippen molar-refractivity contribution in [1.82, 2.24) is 19.9 Å². The number of hydrogen-bond acceptors (Lipinski definition) is 5. The summed E-state index contributed by atoms with van der Waals surface area (Å²) in [5, 5.41) is 16.4. The Balaban J connectivity index is 1.65. The lowest BCUT2D eigenvalue weighted by molar-refractivity contribution is 0.0940. The van der Waals surface area contributed by atoms with Crippen LogP contribution in [-0.4, -0.2) is 38.8 Å². The van der Waals surface area contributed by atoms with Gasteiger partial charge in [-0.25, -0.2) is 9.50 Å². The molecule has 3 aromatic heterocycles. The molecule has 120 valence electrons. The Morgan fingerprint density at radius 1 is 1.48 bits per heavy atom. The second-order valence-electron chi connectivity index (χ2n) is 5.50. The van der Waals surface area contributed by atoms with Crippen LogP contribution in [0.5, 0.6) is 0 Å². The standard InChI is InChI=1S/C16H18N4O3/c1-11-6-17-15-14(8-19-20(15)9-11)16(22)18-7-12(10-21)5-13-3-2-4-23-13/h2-4,6,8-9,12,21H,5,7,10H2,1H3,(H,18,22)/t12-/m1/s1. The van der Waals surface area contributed by atoms with Crippen molar-refractivity contribution in [3.05, 3.63) is 53.9 Å². The predicted octanol–water partition coefficient (Wildman–Crippen LogP) is 1.21. The number of hydrogen-bond donors (Lipinski definition) is 2. The maximum atomic E-state index is 12.3. The molecule has 0 radical (unpaired) electrons. The average Bonchev–Trinajstić information content (AvgIpc) is 3.19. The SMILES string of the molecule is Cc1cnc2c(C(=O)NC[C@H](CO)Cc3ccco3)cnn2c1. The molecule has 2 N–H and O–H groups in total. The van der Waals surface area contributed by atoms with E-state index in [1.165, 1.54) is 6.20 Å². The molecule has 7 heteroatoms. The summed E-state index contributed by atoms with van der Waals surface area (Å²) < 4.78 is 6.85. The second-order valence-corrected chi connectivity index (χ2v) is 5.50. The Bertz CT molecular complexity index is 795. The number of carbonyl (C=O) groups excluding carboxylic acids is 1. The van der Waals surface area contributed by atoms with Gasteiger partial charge in [0.2, 0.25) is 0 Å². The summed E-state index contributed by atoms with van der Waals surface area (Å²) in [6.45, 7) is 2.22. The summed E-state index contributed by atoms with van der Waals surface area (Å²) in [7, 11) is 0. The molecule has 1 amide bonds. The first-order valence-corrected chi connectivity index (χ1v) is 7.39. The summed E-state index contributed by atoms with van der Waals surface area (Å²) in [6, 6.07) is 3.65. The van der Waals surface area contributed by atoms with Gasteiger partial charge in [-0.1, -0.05) is 0 Å². The highest BCUT2D eigenvalue weighted by atomic mass is 16.3. The maximum Gasteiger partial charge on any atom is 0.256 e. The topological polar surface area (TPSA) is 92.7 Å². The number of aliphatic hydroxyl groups is 1. The van der Waals surface area contributed by atoms with E-state index in [1.54, 1.807) is 23.0 Å². The molecule has 0 aliphatic carbocycles. The van der Waals surface area contributed by atoms with Gasteiger partial charge < -0.3 is 14.8 Å². The number of fused-ring (bicyclic) bond motifs is 1. The molecular formula is C16H18N4O3. The number of nitrogens with one attached hydrogen (secondary N) is 1. The highest BCUT2D eigenvalue weighted by Gasteiger charge is 2.16.